The molecular formula is C57H44N2. The second-order valence-corrected chi connectivity index (χ2v) is 16.4. The third-order valence-corrected chi connectivity index (χ3v) is 12.6. The Bertz CT molecular complexity index is 3110. The van der Waals surface area contributed by atoms with Crippen LogP contribution in [-0.4, -0.2) is 4.57 Å². The molecule has 0 saturated heterocycles. The molecule has 0 unspecified atom stereocenters. The summed E-state index contributed by atoms with van der Waals surface area (Å²) < 4.78 is 2.45. The number of para-hydroxylation sites is 2. The minimum Gasteiger partial charge on any atom is -0.310 e. The van der Waals surface area contributed by atoms with Gasteiger partial charge >= 0.3 is 0 Å². The highest BCUT2D eigenvalue weighted by molar-refractivity contribution is 6.12. The van der Waals surface area contributed by atoms with E-state index in [1.54, 1.807) is 0 Å². The van der Waals surface area contributed by atoms with E-state index >= 15 is 0 Å². The van der Waals surface area contributed by atoms with E-state index in [0.717, 1.165) is 24.2 Å². The molecule has 0 fully saturated rings. The van der Waals surface area contributed by atoms with Crippen LogP contribution >= 0.6 is 0 Å². The largest absolute Gasteiger partial charge is 0.310 e. The molecule has 2 aliphatic carbocycles. The molecule has 11 rings (SSSR count). The summed E-state index contributed by atoms with van der Waals surface area (Å²) in [6.07, 6.45) is 9.12. The van der Waals surface area contributed by atoms with Crippen molar-refractivity contribution in [3.05, 3.63) is 217 Å². The Morgan fingerprint density at radius 1 is 0.475 bits per heavy atom. The van der Waals surface area contributed by atoms with Crippen LogP contribution in [0.25, 0.3) is 72.0 Å². The highest BCUT2D eigenvalue weighted by Gasteiger charge is 2.40. The summed E-state index contributed by atoms with van der Waals surface area (Å²) in [5, 5.41) is 2.55. The number of hydrogen-bond acceptors (Lipinski definition) is 1. The predicted octanol–water partition coefficient (Wildman–Crippen LogP) is 15.8. The van der Waals surface area contributed by atoms with Gasteiger partial charge in [-0.25, -0.2) is 0 Å². The molecule has 0 radical (unpaired) electrons. The maximum Gasteiger partial charge on any atom is 0.0541 e. The normalized spacial score (nSPS) is 14.0. The van der Waals surface area contributed by atoms with Crippen LogP contribution in [0.3, 0.4) is 0 Å². The molecule has 8 aromatic carbocycles. The fraction of sp³-hybridized carbons (Fsp3) is 0.0877. The molecule has 0 saturated carbocycles. The van der Waals surface area contributed by atoms with Gasteiger partial charge in [-0.3, -0.25) is 0 Å². The Morgan fingerprint density at radius 3 is 1.90 bits per heavy atom. The van der Waals surface area contributed by atoms with E-state index in [1.165, 1.54) is 88.8 Å². The Hall–Kier alpha value is -7.16. The molecule has 282 valence electrons. The van der Waals surface area contributed by atoms with Crippen molar-refractivity contribution >= 4 is 44.6 Å². The minimum absolute atomic E-state index is 0.277. The first-order valence-corrected chi connectivity index (χ1v) is 20.8. The average Bonchev–Trinajstić information content (AvgIpc) is 3.76. The Balaban J connectivity index is 1.16. The lowest BCUT2D eigenvalue weighted by atomic mass is 9.80. The molecule has 0 aliphatic heterocycles. The summed E-state index contributed by atoms with van der Waals surface area (Å²) in [6.45, 7) is 4.82. The molecule has 9 aromatic rings. The van der Waals surface area contributed by atoms with Gasteiger partial charge in [-0.2, -0.15) is 0 Å². The van der Waals surface area contributed by atoms with Gasteiger partial charge < -0.3 is 9.47 Å². The first kappa shape index (κ1) is 35.0. The maximum absolute atomic E-state index is 2.51. The predicted molar refractivity (Wildman–Crippen MR) is 251 cm³/mol. The third kappa shape index (κ3) is 5.70. The minimum atomic E-state index is -0.277. The van der Waals surface area contributed by atoms with Crippen LogP contribution in [0, 0.1) is 0 Å². The van der Waals surface area contributed by atoms with Crippen LogP contribution in [0.1, 0.15) is 37.8 Å². The van der Waals surface area contributed by atoms with Gasteiger partial charge in [0.2, 0.25) is 0 Å². The van der Waals surface area contributed by atoms with Crippen molar-refractivity contribution in [3.63, 3.8) is 0 Å². The van der Waals surface area contributed by atoms with E-state index < -0.39 is 0 Å². The van der Waals surface area contributed by atoms with Gasteiger partial charge in [0.05, 0.1) is 22.4 Å². The van der Waals surface area contributed by atoms with Crippen molar-refractivity contribution in [2.24, 2.45) is 0 Å². The average molecular weight is 757 g/mol. The first-order valence-electron chi connectivity index (χ1n) is 20.8. The number of allylic oxidation sites excluding steroid dienone is 4. The SMILES string of the molecule is CC1(C)c2ccccc2-c2c(-c3ccc4c(c3)c3ccccc3n4C3=CCCC=C3)ccc(N(c3ccc(-c4ccccc4)cc3)c3ccccc3-c3ccccc3)c21. The van der Waals surface area contributed by atoms with E-state index in [2.05, 4.69) is 230 Å². The van der Waals surface area contributed by atoms with E-state index in [-0.39, 0.29) is 5.41 Å². The van der Waals surface area contributed by atoms with Crippen LogP contribution in [-0.2, 0) is 5.41 Å². The number of benzene rings is 8. The van der Waals surface area contributed by atoms with E-state index in [9.17, 15) is 0 Å². The van der Waals surface area contributed by atoms with Crippen molar-refractivity contribution in [3.8, 4) is 44.5 Å². The molecule has 2 nitrogen and oxygen atoms in total. The second-order valence-electron chi connectivity index (χ2n) is 16.4. The molecular weight excluding hydrogens is 713 g/mol. The second kappa shape index (κ2) is 14.0. The molecule has 2 heteroatoms. The van der Waals surface area contributed by atoms with Crippen LogP contribution in [0.4, 0.5) is 17.1 Å². The zero-order chi connectivity index (χ0) is 39.5. The molecule has 1 aromatic heterocycles. The van der Waals surface area contributed by atoms with Gasteiger partial charge in [-0.05, 0) is 111 Å². The van der Waals surface area contributed by atoms with Gasteiger partial charge in [0, 0.05) is 33.1 Å². The smallest absolute Gasteiger partial charge is 0.0541 e. The molecule has 1 heterocycles. The summed E-state index contributed by atoms with van der Waals surface area (Å²) >= 11 is 0. The van der Waals surface area contributed by atoms with Crippen LogP contribution in [0.5, 0.6) is 0 Å². The van der Waals surface area contributed by atoms with Crippen LogP contribution in [0.2, 0.25) is 0 Å². The van der Waals surface area contributed by atoms with E-state index in [0.29, 0.717) is 0 Å². The molecule has 0 amide bonds. The Kier molecular flexibility index (Phi) is 8.34. The van der Waals surface area contributed by atoms with Crippen molar-refractivity contribution in [1.82, 2.24) is 4.57 Å². The lowest BCUT2D eigenvalue weighted by Crippen LogP contribution is -2.21. The number of aromatic nitrogens is 1. The van der Waals surface area contributed by atoms with Crippen molar-refractivity contribution < 1.29 is 0 Å². The number of anilines is 3. The molecule has 0 spiro atoms. The van der Waals surface area contributed by atoms with E-state index in [1.807, 2.05) is 0 Å². The Morgan fingerprint density at radius 2 is 1.12 bits per heavy atom. The molecule has 0 N–H and O–H groups in total. The van der Waals surface area contributed by atoms with E-state index in [4.69, 9.17) is 0 Å². The highest BCUT2D eigenvalue weighted by Crippen LogP contribution is 2.58. The zero-order valence-corrected chi connectivity index (χ0v) is 33.4. The van der Waals surface area contributed by atoms with Gasteiger partial charge in [-0.1, -0.05) is 172 Å². The third-order valence-electron chi connectivity index (χ3n) is 12.6. The summed E-state index contributed by atoms with van der Waals surface area (Å²) in [5.74, 6) is 0. The number of nitrogens with zero attached hydrogens (tertiary/aromatic N) is 2. The van der Waals surface area contributed by atoms with Gasteiger partial charge in [0.15, 0.2) is 0 Å². The standard InChI is InChI=1S/C57H44N2/c1-57(2)50-27-15-12-26-48(50)55-46(42-32-36-53-49(38-42)47-25-14-17-29-52(47)58(53)43-22-10-5-11-23-43)35-37-54(56(55)57)59(44-33-30-40(31-34-44)39-18-6-3-7-19-39)51-28-16-13-24-45(51)41-20-8-4-9-21-41/h3-4,6-10,12-38H,5,11H2,1-2H3. The quantitative estimate of drug-likeness (QED) is 0.157. The first-order chi connectivity index (χ1) is 29.1. The fourth-order valence-corrected chi connectivity index (χ4v) is 9.87. The lowest BCUT2D eigenvalue weighted by Gasteiger charge is -2.34. The fourth-order valence-electron chi connectivity index (χ4n) is 9.87. The van der Waals surface area contributed by atoms with Gasteiger partial charge in [-0.15, -0.1) is 0 Å². The van der Waals surface area contributed by atoms with Gasteiger partial charge in [0.25, 0.3) is 0 Å². The number of fused-ring (bicyclic) bond motifs is 6. The maximum atomic E-state index is 2.51. The van der Waals surface area contributed by atoms with Crippen molar-refractivity contribution in [1.29, 1.82) is 0 Å². The number of hydrogen-bond donors (Lipinski definition) is 0. The summed E-state index contributed by atoms with van der Waals surface area (Å²) in [4.78, 5) is 2.51. The molecule has 0 bridgehead atoms. The molecule has 0 atom stereocenters. The lowest BCUT2D eigenvalue weighted by molar-refractivity contribution is 0.661. The molecule has 2 aliphatic rings. The molecule has 59 heavy (non-hydrogen) atoms. The van der Waals surface area contributed by atoms with Crippen molar-refractivity contribution in [2.45, 2.75) is 32.1 Å². The Labute approximate surface area is 346 Å². The van der Waals surface area contributed by atoms with Crippen LogP contribution < -0.4 is 4.90 Å². The highest BCUT2D eigenvalue weighted by atomic mass is 15.1. The summed E-state index contributed by atoms with van der Waals surface area (Å²) in [5.41, 5.74) is 19.5. The van der Waals surface area contributed by atoms with Crippen LogP contribution in [0.15, 0.2) is 206 Å². The topological polar surface area (TPSA) is 8.17 Å². The number of rotatable bonds is 7. The van der Waals surface area contributed by atoms with Crippen molar-refractivity contribution in [2.75, 3.05) is 4.90 Å². The monoisotopic (exact) mass is 756 g/mol. The summed E-state index contributed by atoms with van der Waals surface area (Å²) in [7, 11) is 0. The van der Waals surface area contributed by atoms with Gasteiger partial charge in [0.1, 0.15) is 0 Å². The zero-order valence-electron chi connectivity index (χ0n) is 33.4. The summed E-state index contributed by atoms with van der Waals surface area (Å²) in [6, 6.07) is 69.3.